The van der Waals surface area contributed by atoms with Crippen LogP contribution < -0.4 is 5.32 Å². The van der Waals surface area contributed by atoms with E-state index in [1.165, 1.54) is 24.4 Å². The van der Waals surface area contributed by atoms with Gasteiger partial charge in [0.2, 0.25) is 5.78 Å². The minimum absolute atomic E-state index is 0.244. The molecule has 1 aromatic heterocycles. The molecular formula is C14H12FNO2. The van der Waals surface area contributed by atoms with E-state index in [1.807, 2.05) is 0 Å². The third-order valence-electron chi connectivity index (χ3n) is 2.29. The number of hydrogen-bond acceptors (Lipinski definition) is 3. The molecule has 1 aromatic carbocycles. The largest absolute Gasteiger partial charge is 0.458 e. The molecule has 0 aliphatic heterocycles. The van der Waals surface area contributed by atoms with Crippen molar-refractivity contribution in [2.24, 2.45) is 0 Å². The Hall–Kier alpha value is -2.36. The second-order valence-electron chi connectivity index (χ2n) is 3.76. The summed E-state index contributed by atoms with van der Waals surface area (Å²) in [4.78, 5) is 11.6. The standard InChI is InChI=1S/C14H12FNO2/c1-10-5-6-14(18-10)13(17)7-8-16-12-4-2-3-11(15)9-12/h2-9,16H,1H3/b8-7+. The third kappa shape index (κ3) is 3.07. The maximum Gasteiger partial charge on any atom is 0.222 e. The Morgan fingerprint density at radius 3 is 2.83 bits per heavy atom. The molecule has 3 nitrogen and oxygen atoms in total. The van der Waals surface area contributed by atoms with Crippen molar-refractivity contribution in [1.82, 2.24) is 0 Å². The summed E-state index contributed by atoms with van der Waals surface area (Å²) in [5, 5.41) is 2.81. The molecule has 0 fully saturated rings. The molecule has 0 spiro atoms. The fourth-order valence-corrected chi connectivity index (χ4v) is 1.44. The van der Waals surface area contributed by atoms with Crippen LogP contribution >= 0.6 is 0 Å². The normalized spacial score (nSPS) is 10.8. The number of hydrogen-bond donors (Lipinski definition) is 1. The smallest absolute Gasteiger partial charge is 0.222 e. The van der Waals surface area contributed by atoms with Gasteiger partial charge in [-0.1, -0.05) is 6.07 Å². The van der Waals surface area contributed by atoms with Gasteiger partial charge < -0.3 is 9.73 Å². The fraction of sp³-hybridized carbons (Fsp3) is 0.0714. The van der Waals surface area contributed by atoms with E-state index in [2.05, 4.69) is 5.32 Å². The highest BCUT2D eigenvalue weighted by Gasteiger charge is 2.05. The van der Waals surface area contributed by atoms with Gasteiger partial charge >= 0.3 is 0 Å². The molecule has 0 aliphatic carbocycles. The van der Waals surface area contributed by atoms with Gasteiger partial charge in [0, 0.05) is 18.0 Å². The third-order valence-corrected chi connectivity index (χ3v) is 2.29. The van der Waals surface area contributed by atoms with Crippen LogP contribution in [0.15, 0.2) is 53.1 Å². The van der Waals surface area contributed by atoms with Crippen LogP contribution in [0.3, 0.4) is 0 Å². The van der Waals surface area contributed by atoms with Gasteiger partial charge in [0.05, 0.1) is 0 Å². The van der Waals surface area contributed by atoms with Gasteiger partial charge in [0.15, 0.2) is 5.76 Å². The maximum absolute atomic E-state index is 12.9. The zero-order valence-corrected chi connectivity index (χ0v) is 9.81. The van der Waals surface area contributed by atoms with Crippen molar-refractivity contribution in [3.63, 3.8) is 0 Å². The summed E-state index contributed by atoms with van der Waals surface area (Å²) in [6.45, 7) is 1.77. The summed E-state index contributed by atoms with van der Waals surface area (Å²) in [5.41, 5.74) is 0.578. The van der Waals surface area contributed by atoms with Crippen LogP contribution in [-0.2, 0) is 0 Å². The Kier molecular flexibility index (Phi) is 3.57. The quantitative estimate of drug-likeness (QED) is 0.661. The number of allylic oxidation sites excluding steroid dienone is 1. The Balaban J connectivity index is 1.98. The van der Waals surface area contributed by atoms with Crippen molar-refractivity contribution in [2.45, 2.75) is 6.92 Å². The van der Waals surface area contributed by atoms with E-state index in [-0.39, 0.29) is 17.4 Å². The Bertz CT molecular complexity index is 587. The molecule has 0 saturated carbocycles. The zero-order chi connectivity index (χ0) is 13.0. The first kappa shape index (κ1) is 12.1. The van der Waals surface area contributed by atoms with Crippen LogP contribution in [-0.4, -0.2) is 5.78 Å². The van der Waals surface area contributed by atoms with Crippen LogP contribution in [0, 0.1) is 12.7 Å². The molecule has 0 amide bonds. The number of nitrogens with one attached hydrogen (secondary N) is 1. The molecule has 0 saturated heterocycles. The predicted octanol–water partition coefficient (Wildman–Crippen LogP) is 3.54. The Labute approximate surface area is 104 Å². The second kappa shape index (κ2) is 5.31. The SMILES string of the molecule is Cc1ccc(C(=O)/C=C/Nc2cccc(F)c2)o1. The number of ketones is 1. The van der Waals surface area contributed by atoms with Crippen molar-refractivity contribution in [3.05, 3.63) is 66.0 Å². The summed E-state index contributed by atoms with van der Waals surface area (Å²) >= 11 is 0. The number of halogens is 1. The molecule has 2 aromatic rings. The molecule has 0 bridgehead atoms. The molecule has 2 rings (SSSR count). The molecular weight excluding hydrogens is 233 g/mol. The Morgan fingerprint density at radius 2 is 2.17 bits per heavy atom. The fourth-order valence-electron chi connectivity index (χ4n) is 1.44. The highest BCUT2D eigenvalue weighted by Crippen LogP contribution is 2.10. The molecule has 0 unspecified atom stereocenters. The minimum Gasteiger partial charge on any atom is -0.458 e. The van der Waals surface area contributed by atoms with Crippen molar-refractivity contribution in [2.75, 3.05) is 5.32 Å². The van der Waals surface area contributed by atoms with Crippen LogP contribution in [0.2, 0.25) is 0 Å². The van der Waals surface area contributed by atoms with Gasteiger partial charge in [0.25, 0.3) is 0 Å². The van der Waals surface area contributed by atoms with Crippen molar-refractivity contribution in [1.29, 1.82) is 0 Å². The number of anilines is 1. The number of carbonyl (C=O) groups excluding carboxylic acids is 1. The van der Waals surface area contributed by atoms with Crippen LogP contribution in [0.5, 0.6) is 0 Å². The Morgan fingerprint density at radius 1 is 1.33 bits per heavy atom. The average Bonchev–Trinajstić information content (AvgIpc) is 2.76. The molecule has 0 atom stereocenters. The lowest BCUT2D eigenvalue weighted by Gasteiger charge is -1.99. The topological polar surface area (TPSA) is 42.2 Å². The van der Waals surface area contributed by atoms with Crippen LogP contribution in [0.4, 0.5) is 10.1 Å². The number of benzene rings is 1. The maximum atomic E-state index is 12.9. The number of rotatable bonds is 4. The molecule has 18 heavy (non-hydrogen) atoms. The van der Waals surface area contributed by atoms with Crippen LogP contribution in [0.25, 0.3) is 0 Å². The number of carbonyl (C=O) groups is 1. The van der Waals surface area contributed by atoms with E-state index in [4.69, 9.17) is 4.42 Å². The summed E-state index contributed by atoms with van der Waals surface area (Å²) in [6, 6.07) is 9.32. The van der Waals surface area contributed by atoms with E-state index in [9.17, 15) is 9.18 Å². The van der Waals surface area contributed by atoms with Crippen molar-refractivity contribution < 1.29 is 13.6 Å². The summed E-state index contributed by atoms with van der Waals surface area (Å²) in [5.74, 6) is 0.392. The van der Waals surface area contributed by atoms with Gasteiger partial charge in [0.1, 0.15) is 11.6 Å². The first-order valence-electron chi connectivity index (χ1n) is 5.44. The van der Waals surface area contributed by atoms with Gasteiger partial charge in [-0.2, -0.15) is 0 Å². The van der Waals surface area contributed by atoms with Crippen LogP contribution in [0.1, 0.15) is 16.3 Å². The van der Waals surface area contributed by atoms with E-state index in [0.29, 0.717) is 11.4 Å². The van der Waals surface area contributed by atoms with Gasteiger partial charge in [-0.05, 0) is 37.3 Å². The summed E-state index contributed by atoms with van der Waals surface area (Å²) in [7, 11) is 0. The highest BCUT2D eigenvalue weighted by molar-refractivity contribution is 6.02. The van der Waals surface area contributed by atoms with Gasteiger partial charge in [-0.3, -0.25) is 4.79 Å². The summed E-state index contributed by atoms with van der Waals surface area (Å²) < 4.78 is 18.1. The molecule has 1 N–H and O–H groups in total. The summed E-state index contributed by atoms with van der Waals surface area (Å²) in [6.07, 6.45) is 2.79. The highest BCUT2D eigenvalue weighted by atomic mass is 19.1. The van der Waals surface area contributed by atoms with Gasteiger partial charge in [-0.25, -0.2) is 4.39 Å². The van der Waals surface area contributed by atoms with E-state index >= 15 is 0 Å². The minimum atomic E-state index is -0.332. The molecule has 0 aliphatic rings. The molecule has 0 radical (unpaired) electrons. The predicted molar refractivity (Wildman–Crippen MR) is 66.9 cm³/mol. The average molecular weight is 245 g/mol. The lowest BCUT2D eigenvalue weighted by atomic mass is 10.3. The molecule has 1 heterocycles. The van der Waals surface area contributed by atoms with Gasteiger partial charge in [-0.15, -0.1) is 0 Å². The van der Waals surface area contributed by atoms with Crippen molar-refractivity contribution >= 4 is 11.5 Å². The van der Waals surface area contributed by atoms with Crippen molar-refractivity contribution in [3.8, 4) is 0 Å². The lowest BCUT2D eigenvalue weighted by molar-refractivity contribution is 0.102. The van der Waals surface area contributed by atoms with E-state index in [0.717, 1.165) is 0 Å². The second-order valence-corrected chi connectivity index (χ2v) is 3.76. The number of aryl methyl sites for hydroxylation is 1. The first-order chi connectivity index (χ1) is 8.65. The zero-order valence-electron chi connectivity index (χ0n) is 9.81. The molecule has 92 valence electrons. The lowest BCUT2D eigenvalue weighted by Crippen LogP contribution is -1.94. The number of furan rings is 1. The van der Waals surface area contributed by atoms with E-state index < -0.39 is 0 Å². The van der Waals surface area contributed by atoms with E-state index in [1.54, 1.807) is 31.2 Å². The monoisotopic (exact) mass is 245 g/mol. The first-order valence-corrected chi connectivity index (χ1v) is 5.44. The molecule has 4 heteroatoms.